The number of nitro benzene ring substituents is 1. The Balaban J connectivity index is 2.07. The molecule has 28 heavy (non-hydrogen) atoms. The second-order valence-electron chi connectivity index (χ2n) is 5.50. The topological polar surface area (TPSA) is 128 Å². The molecule has 0 bridgehead atoms. The highest BCUT2D eigenvalue weighted by atomic mass is 32.2. The van der Waals surface area contributed by atoms with Crippen molar-refractivity contribution in [1.82, 2.24) is 10.9 Å². The predicted octanol–water partition coefficient (Wildman–Crippen LogP) is 2.32. The quantitative estimate of drug-likeness (QED) is 0.328. The lowest BCUT2D eigenvalue weighted by atomic mass is 10.2. The van der Waals surface area contributed by atoms with Crippen LogP contribution < -0.4 is 10.9 Å². The van der Waals surface area contributed by atoms with E-state index < -0.39 is 28.0 Å². The number of nitro groups is 1. The fraction of sp³-hybridized carbons (Fsp3) is 0.167. The Morgan fingerprint density at radius 1 is 1.07 bits per heavy atom. The van der Waals surface area contributed by atoms with E-state index >= 15 is 0 Å². The van der Waals surface area contributed by atoms with E-state index in [2.05, 4.69) is 15.6 Å². The van der Waals surface area contributed by atoms with Crippen LogP contribution in [0.3, 0.4) is 0 Å². The first-order chi connectivity index (χ1) is 13.3. The maximum absolute atomic E-state index is 12.4. The molecule has 0 aromatic heterocycles. The van der Waals surface area contributed by atoms with Gasteiger partial charge in [-0.05, 0) is 25.1 Å². The van der Waals surface area contributed by atoms with Crippen LogP contribution in [0.4, 0.5) is 5.69 Å². The lowest BCUT2D eigenvalue weighted by Gasteiger charge is -2.13. The van der Waals surface area contributed by atoms with Crippen LogP contribution in [0.25, 0.3) is 0 Å². The molecule has 10 heteroatoms. The smallest absolute Gasteiger partial charge is 0.318 e. The highest BCUT2D eigenvalue weighted by molar-refractivity contribution is 8.00. The number of thioether (sulfide) groups is 1. The highest BCUT2D eigenvalue weighted by Gasteiger charge is 2.19. The van der Waals surface area contributed by atoms with Crippen molar-refractivity contribution in [3.05, 3.63) is 69.8 Å². The summed E-state index contributed by atoms with van der Waals surface area (Å²) >= 11 is 1.14. The third kappa shape index (κ3) is 5.30. The van der Waals surface area contributed by atoms with Crippen molar-refractivity contribution in [2.45, 2.75) is 17.1 Å². The second kappa shape index (κ2) is 9.51. The molecule has 1 atom stereocenters. The Morgan fingerprint density at radius 2 is 1.75 bits per heavy atom. The van der Waals surface area contributed by atoms with Gasteiger partial charge in [0.15, 0.2) is 0 Å². The molecule has 0 spiro atoms. The van der Waals surface area contributed by atoms with Crippen molar-refractivity contribution in [3.8, 4) is 0 Å². The largest absolute Gasteiger partial charge is 0.468 e. The number of nitrogens with zero attached hydrogens (tertiary/aromatic N) is 1. The Bertz CT molecular complexity index is 918. The SMILES string of the molecule is COC(=O)C(C)Sc1ccccc1C(=O)NNC(=O)c1cccc([N+](=O)[O-])c1. The molecule has 0 saturated carbocycles. The molecule has 2 amide bonds. The van der Waals surface area contributed by atoms with Gasteiger partial charge in [-0.1, -0.05) is 18.2 Å². The summed E-state index contributed by atoms with van der Waals surface area (Å²) in [7, 11) is 1.28. The standard InChI is InChI=1S/C18H17N3O6S/c1-11(18(24)27-2)28-15-9-4-3-8-14(15)17(23)20-19-16(22)12-6-5-7-13(10-12)21(25)26/h3-11H,1-2H3,(H,19,22)(H,20,23). The van der Waals surface area contributed by atoms with Gasteiger partial charge in [0.05, 0.1) is 17.6 Å². The number of methoxy groups -OCH3 is 1. The first-order valence-electron chi connectivity index (χ1n) is 8.02. The van der Waals surface area contributed by atoms with Gasteiger partial charge in [-0.2, -0.15) is 0 Å². The average Bonchev–Trinajstić information content (AvgIpc) is 2.71. The van der Waals surface area contributed by atoms with Gasteiger partial charge in [0.25, 0.3) is 17.5 Å². The number of esters is 1. The lowest BCUT2D eigenvalue weighted by Crippen LogP contribution is -2.41. The highest BCUT2D eigenvalue weighted by Crippen LogP contribution is 2.27. The van der Waals surface area contributed by atoms with Crippen molar-refractivity contribution in [2.24, 2.45) is 0 Å². The van der Waals surface area contributed by atoms with Gasteiger partial charge in [-0.15, -0.1) is 11.8 Å². The number of hydrogen-bond donors (Lipinski definition) is 2. The number of hydrazine groups is 1. The zero-order valence-electron chi connectivity index (χ0n) is 15.0. The summed E-state index contributed by atoms with van der Waals surface area (Å²) in [5.74, 6) is -1.73. The van der Waals surface area contributed by atoms with Crippen LogP contribution in [0.5, 0.6) is 0 Å². The number of ether oxygens (including phenoxy) is 1. The molecule has 0 fully saturated rings. The molecule has 0 aliphatic carbocycles. The summed E-state index contributed by atoms with van der Waals surface area (Å²) in [6.45, 7) is 1.65. The van der Waals surface area contributed by atoms with E-state index in [1.54, 1.807) is 31.2 Å². The van der Waals surface area contributed by atoms with Gasteiger partial charge in [0, 0.05) is 22.6 Å². The molecule has 146 valence electrons. The van der Waals surface area contributed by atoms with Crippen molar-refractivity contribution in [1.29, 1.82) is 0 Å². The molecule has 0 radical (unpaired) electrons. The molecule has 2 N–H and O–H groups in total. The molecule has 0 aliphatic heterocycles. The molecule has 0 aliphatic rings. The van der Waals surface area contributed by atoms with Gasteiger partial charge in [0.1, 0.15) is 5.25 Å². The fourth-order valence-corrected chi connectivity index (χ4v) is 3.19. The van der Waals surface area contributed by atoms with Gasteiger partial charge < -0.3 is 4.74 Å². The molecule has 0 saturated heterocycles. The molecular formula is C18H17N3O6S. The Morgan fingerprint density at radius 3 is 2.43 bits per heavy atom. The van der Waals surface area contributed by atoms with E-state index in [1.807, 2.05) is 0 Å². The third-order valence-corrected chi connectivity index (χ3v) is 4.73. The molecular weight excluding hydrogens is 386 g/mol. The van der Waals surface area contributed by atoms with Gasteiger partial charge in [-0.3, -0.25) is 35.3 Å². The van der Waals surface area contributed by atoms with Gasteiger partial charge in [-0.25, -0.2) is 0 Å². The van der Waals surface area contributed by atoms with Gasteiger partial charge in [0.2, 0.25) is 0 Å². The van der Waals surface area contributed by atoms with Crippen molar-refractivity contribution in [3.63, 3.8) is 0 Å². The van der Waals surface area contributed by atoms with Crippen molar-refractivity contribution >= 4 is 35.2 Å². The second-order valence-corrected chi connectivity index (χ2v) is 6.88. The third-order valence-electron chi connectivity index (χ3n) is 3.58. The molecule has 2 rings (SSSR count). The van der Waals surface area contributed by atoms with Crippen LogP contribution in [0.1, 0.15) is 27.6 Å². The molecule has 2 aromatic rings. The number of carbonyl (C=O) groups is 3. The van der Waals surface area contributed by atoms with Crippen LogP contribution in [-0.2, 0) is 9.53 Å². The molecule has 1 unspecified atom stereocenters. The van der Waals surface area contributed by atoms with Crippen LogP contribution in [0.2, 0.25) is 0 Å². The summed E-state index contributed by atoms with van der Waals surface area (Å²) in [6, 6.07) is 11.7. The van der Waals surface area contributed by atoms with Crippen molar-refractivity contribution < 1.29 is 24.0 Å². The van der Waals surface area contributed by atoms with Crippen LogP contribution >= 0.6 is 11.8 Å². The lowest BCUT2D eigenvalue weighted by molar-refractivity contribution is -0.384. The molecule has 9 nitrogen and oxygen atoms in total. The van der Waals surface area contributed by atoms with E-state index in [-0.39, 0.29) is 16.8 Å². The zero-order valence-corrected chi connectivity index (χ0v) is 15.8. The van der Waals surface area contributed by atoms with E-state index in [0.29, 0.717) is 4.90 Å². The normalized spacial score (nSPS) is 11.2. The summed E-state index contributed by atoms with van der Waals surface area (Å²) in [4.78, 5) is 46.9. The minimum absolute atomic E-state index is 0.0245. The first-order valence-corrected chi connectivity index (χ1v) is 8.90. The van der Waals surface area contributed by atoms with Crippen LogP contribution in [-0.4, -0.2) is 35.1 Å². The van der Waals surface area contributed by atoms with E-state index in [9.17, 15) is 24.5 Å². The first kappa shape index (κ1) is 20.9. The Labute approximate surface area is 164 Å². The number of hydrogen-bond acceptors (Lipinski definition) is 7. The molecule has 0 heterocycles. The number of amides is 2. The van der Waals surface area contributed by atoms with E-state index in [4.69, 9.17) is 0 Å². The number of nitrogens with one attached hydrogen (secondary N) is 2. The van der Waals surface area contributed by atoms with E-state index in [1.165, 1.54) is 25.3 Å². The number of benzene rings is 2. The van der Waals surface area contributed by atoms with Crippen LogP contribution in [0, 0.1) is 10.1 Å². The number of non-ortho nitro benzene ring substituents is 1. The summed E-state index contributed by atoms with van der Waals surface area (Å²) in [5.41, 5.74) is 4.52. The monoisotopic (exact) mass is 403 g/mol. The summed E-state index contributed by atoms with van der Waals surface area (Å²) in [5, 5.41) is 10.3. The zero-order chi connectivity index (χ0) is 20.7. The maximum Gasteiger partial charge on any atom is 0.318 e. The Hall–Kier alpha value is -3.40. The Kier molecular flexibility index (Phi) is 7.10. The fourth-order valence-electron chi connectivity index (χ4n) is 2.18. The summed E-state index contributed by atoms with van der Waals surface area (Å²) < 4.78 is 4.67. The van der Waals surface area contributed by atoms with E-state index in [0.717, 1.165) is 17.8 Å². The van der Waals surface area contributed by atoms with Crippen LogP contribution in [0.15, 0.2) is 53.4 Å². The van der Waals surface area contributed by atoms with Crippen molar-refractivity contribution in [2.75, 3.05) is 7.11 Å². The van der Waals surface area contributed by atoms with Gasteiger partial charge >= 0.3 is 5.97 Å². The average molecular weight is 403 g/mol. The number of carbonyl (C=O) groups excluding carboxylic acids is 3. The summed E-state index contributed by atoms with van der Waals surface area (Å²) in [6.07, 6.45) is 0. The predicted molar refractivity (Wildman–Crippen MR) is 102 cm³/mol. The maximum atomic E-state index is 12.4. The minimum Gasteiger partial charge on any atom is -0.468 e. The molecule has 2 aromatic carbocycles. The minimum atomic E-state index is -0.704. The number of rotatable bonds is 6.